The van der Waals surface area contributed by atoms with Gasteiger partial charge in [0, 0.05) is 24.7 Å². The van der Waals surface area contributed by atoms with E-state index in [9.17, 15) is 4.79 Å². The van der Waals surface area contributed by atoms with Gasteiger partial charge < -0.3 is 4.90 Å². The van der Waals surface area contributed by atoms with Gasteiger partial charge in [-0.1, -0.05) is 18.2 Å². The van der Waals surface area contributed by atoms with Crippen molar-refractivity contribution in [3.63, 3.8) is 0 Å². The van der Waals surface area contributed by atoms with Crippen LogP contribution in [0.1, 0.15) is 10.4 Å². The number of carbonyl (C=O) groups is 1. The molecule has 1 aromatic carbocycles. The van der Waals surface area contributed by atoms with E-state index in [1.165, 1.54) is 0 Å². The monoisotopic (exact) mass is 221 g/mol. The molecule has 15 heavy (non-hydrogen) atoms. The molecule has 1 aromatic rings. The molecule has 0 atom stereocenters. The lowest BCUT2D eigenvalue weighted by Gasteiger charge is -2.13. The van der Waals surface area contributed by atoms with Gasteiger partial charge in [-0.2, -0.15) is 0 Å². The van der Waals surface area contributed by atoms with Crippen LogP contribution in [0.2, 0.25) is 0 Å². The van der Waals surface area contributed by atoms with Crippen LogP contribution in [0.15, 0.2) is 41.8 Å². The first-order valence-corrected chi connectivity index (χ1v) is 5.69. The van der Waals surface area contributed by atoms with Crippen LogP contribution in [0.4, 0.5) is 0 Å². The Balaban J connectivity index is 2.95. The number of hydrogen-bond acceptors (Lipinski definition) is 2. The van der Waals surface area contributed by atoms with Gasteiger partial charge in [-0.05, 0) is 12.1 Å². The van der Waals surface area contributed by atoms with Crippen LogP contribution in [0, 0.1) is 0 Å². The van der Waals surface area contributed by atoms with Crippen molar-refractivity contribution in [2.45, 2.75) is 4.90 Å². The van der Waals surface area contributed by atoms with E-state index in [-0.39, 0.29) is 5.91 Å². The normalized spacial score (nSPS) is 9.73. The van der Waals surface area contributed by atoms with E-state index in [0.717, 1.165) is 16.2 Å². The zero-order valence-corrected chi connectivity index (χ0v) is 9.88. The Hall–Kier alpha value is -1.22. The molecule has 80 valence electrons. The highest BCUT2D eigenvalue weighted by Gasteiger charge is 2.11. The lowest BCUT2D eigenvalue weighted by atomic mass is 10.2. The number of rotatable bonds is 4. The molecular weight excluding hydrogens is 206 g/mol. The molecule has 1 amide bonds. The summed E-state index contributed by atoms with van der Waals surface area (Å²) >= 11 is 1.63. The highest BCUT2D eigenvalue weighted by Crippen LogP contribution is 2.23. The van der Waals surface area contributed by atoms with Crippen molar-refractivity contribution in [1.82, 2.24) is 4.90 Å². The minimum atomic E-state index is 0.0437. The van der Waals surface area contributed by atoms with Gasteiger partial charge in [-0.25, -0.2) is 0 Å². The van der Waals surface area contributed by atoms with Crippen molar-refractivity contribution in [3.05, 3.63) is 42.5 Å². The first-order chi connectivity index (χ1) is 7.16. The van der Waals surface area contributed by atoms with E-state index in [4.69, 9.17) is 0 Å². The van der Waals surface area contributed by atoms with Crippen LogP contribution in [0.3, 0.4) is 0 Å². The van der Waals surface area contributed by atoms with E-state index in [0.29, 0.717) is 0 Å². The number of hydrogen-bond donors (Lipinski definition) is 0. The second-order valence-electron chi connectivity index (χ2n) is 3.30. The summed E-state index contributed by atoms with van der Waals surface area (Å²) < 4.78 is 0. The van der Waals surface area contributed by atoms with Gasteiger partial charge in [0.2, 0.25) is 0 Å². The number of carbonyl (C=O) groups excluding carboxylic acids is 1. The molecule has 0 N–H and O–H groups in total. The average molecular weight is 221 g/mol. The number of thioether (sulfide) groups is 1. The molecule has 2 nitrogen and oxygen atoms in total. The first-order valence-electron chi connectivity index (χ1n) is 4.71. The van der Waals surface area contributed by atoms with E-state index in [1.54, 1.807) is 30.8 Å². The molecule has 0 unspecified atom stereocenters. The highest BCUT2D eigenvalue weighted by atomic mass is 32.2. The maximum Gasteiger partial charge on any atom is 0.254 e. The molecule has 0 aromatic heterocycles. The van der Waals surface area contributed by atoms with Gasteiger partial charge in [0.15, 0.2) is 0 Å². The smallest absolute Gasteiger partial charge is 0.254 e. The topological polar surface area (TPSA) is 20.3 Å². The summed E-state index contributed by atoms with van der Waals surface area (Å²) in [6.07, 6.45) is 1.83. The second-order valence-corrected chi connectivity index (χ2v) is 4.36. The van der Waals surface area contributed by atoms with Gasteiger partial charge >= 0.3 is 0 Å². The van der Waals surface area contributed by atoms with Gasteiger partial charge in [0.05, 0.1) is 5.56 Å². The molecular formula is C12H15NOS. The molecule has 0 spiro atoms. The minimum Gasteiger partial charge on any atom is -0.345 e. The maximum absolute atomic E-state index is 11.8. The summed E-state index contributed by atoms with van der Waals surface area (Å²) in [5, 5.41) is 0. The summed E-state index contributed by atoms with van der Waals surface area (Å²) in [5.74, 6) is 0.861. The fourth-order valence-electron chi connectivity index (χ4n) is 1.16. The number of benzene rings is 1. The highest BCUT2D eigenvalue weighted by molar-refractivity contribution is 7.99. The molecule has 0 saturated carbocycles. The molecule has 0 fully saturated rings. The molecule has 0 bridgehead atoms. The van der Waals surface area contributed by atoms with Crippen LogP contribution < -0.4 is 0 Å². The lowest BCUT2D eigenvalue weighted by Crippen LogP contribution is -2.22. The van der Waals surface area contributed by atoms with Crippen molar-refractivity contribution in [3.8, 4) is 0 Å². The lowest BCUT2D eigenvalue weighted by molar-refractivity contribution is 0.0824. The zero-order chi connectivity index (χ0) is 11.3. The predicted molar refractivity (Wildman–Crippen MR) is 65.4 cm³/mol. The summed E-state index contributed by atoms with van der Waals surface area (Å²) in [6.45, 7) is 3.67. The van der Waals surface area contributed by atoms with Gasteiger partial charge in [-0.15, -0.1) is 18.3 Å². The Morgan fingerprint density at radius 1 is 1.47 bits per heavy atom. The molecule has 0 radical (unpaired) electrons. The van der Waals surface area contributed by atoms with Gasteiger partial charge in [0.25, 0.3) is 5.91 Å². The Labute approximate surface area is 95.0 Å². The van der Waals surface area contributed by atoms with Crippen LogP contribution in [0.25, 0.3) is 0 Å². The molecule has 3 heteroatoms. The van der Waals surface area contributed by atoms with Crippen molar-refractivity contribution in [1.29, 1.82) is 0 Å². The molecule has 0 aliphatic heterocycles. The molecule has 0 saturated heterocycles. The largest absolute Gasteiger partial charge is 0.345 e. The van der Waals surface area contributed by atoms with E-state index in [1.807, 2.05) is 30.3 Å². The Morgan fingerprint density at radius 3 is 2.73 bits per heavy atom. The average Bonchev–Trinajstić information content (AvgIpc) is 2.25. The van der Waals surface area contributed by atoms with Crippen molar-refractivity contribution in [2.75, 3.05) is 19.8 Å². The fraction of sp³-hybridized carbons (Fsp3) is 0.250. The maximum atomic E-state index is 11.8. The third-order valence-corrected chi connectivity index (χ3v) is 2.95. The summed E-state index contributed by atoms with van der Waals surface area (Å²) in [4.78, 5) is 14.4. The predicted octanol–water partition coefficient (Wildman–Crippen LogP) is 2.67. The quantitative estimate of drug-likeness (QED) is 0.575. The molecule has 0 heterocycles. The van der Waals surface area contributed by atoms with Crippen LogP contribution in [-0.4, -0.2) is 30.7 Å². The van der Waals surface area contributed by atoms with Crippen LogP contribution in [-0.2, 0) is 0 Å². The standard InChI is InChI=1S/C12H15NOS/c1-4-9-15-11-8-6-5-7-10(11)12(14)13(2)3/h4-8H,1,9H2,2-3H3. The Kier molecular flexibility index (Phi) is 4.43. The SMILES string of the molecule is C=CCSc1ccccc1C(=O)N(C)C. The Bertz CT molecular complexity index is 360. The van der Waals surface area contributed by atoms with Crippen molar-refractivity contribution < 1.29 is 4.79 Å². The fourth-order valence-corrected chi connectivity index (χ4v) is 1.94. The third kappa shape index (κ3) is 3.13. The third-order valence-electron chi connectivity index (χ3n) is 1.88. The van der Waals surface area contributed by atoms with Crippen LogP contribution in [0.5, 0.6) is 0 Å². The van der Waals surface area contributed by atoms with Gasteiger partial charge in [0.1, 0.15) is 0 Å². The molecule has 1 rings (SSSR count). The minimum absolute atomic E-state index is 0.0437. The van der Waals surface area contributed by atoms with Crippen LogP contribution >= 0.6 is 11.8 Å². The number of nitrogens with zero attached hydrogens (tertiary/aromatic N) is 1. The molecule has 0 aliphatic carbocycles. The van der Waals surface area contributed by atoms with Crippen molar-refractivity contribution in [2.24, 2.45) is 0 Å². The molecule has 0 aliphatic rings. The second kappa shape index (κ2) is 5.61. The van der Waals surface area contributed by atoms with E-state index in [2.05, 4.69) is 6.58 Å². The van der Waals surface area contributed by atoms with Gasteiger partial charge in [-0.3, -0.25) is 4.79 Å². The van der Waals surface area contributed by atoms with Crippen molar-refractivity contribution >= 4 is 17.7 Å². The zero-order valence-electron chi connectivity index (χ0n) is 9.06. The summed E-state index contributed by atoms with van der Waals surface area (Å²) in [7, 11) is 3.52. The summed E-state index contributed by atoms with van der Waals surface area (Å²) in [5.41, 5.74) is 0.759. The Morgan fingerprint density at radius 2 is 2.13 bits per heavy atom. The number of amides is 1. The van der Waals surface area contributed by atoms with E-state index < -0.39 is 0 Å². The summed E-state index contributed by atoms with van der Waals surface area (Å²) in [6, 6.07) is 7.64. The first kappa shape index (κ1) is 11.9. The van der Waals surface area contributed by atoms with E-state index >= 15 is 0 Å².